The van der Waals surface area contributed by atoms with Crippen LogP contribution in [0.15, 0.2) is 17.5 Å². The van der Waals surface area contributed by atoms with Gasteiger partial charge in [-0.15, -0.1) is 11.3 Å². The third-order valence-electron chi connectivity index (χ3n) is 3.04. The van der Waals surface area contributed by atoms with Gasteiger partial charge >= 0.3 is 5.97 Å². The number of hydrogen-bond acceptors (Lipinski definition) is 3. The maximum atomic E-state index is 11.3. The van der Waals surface area contributed by atoms with Crippen molar-refractivity contribution >= 4 is 17.3 Å². The third-order valence-corrected chi connectivity index (χ3v) is 4.08. The van der Waals surface area contributed by atoms with Crippen molar-refractivity contribution in [1.82, 2.24) is 4.90 Å². The molecule has 0 spiro atoms. The van der Waals surface area contributed by atoms with Gasteiger partial charge in [-0.2, -0.15) is 0 Å². The normalized spacial score (nSPS) is 15.2. The minimum Gasteiger partial charge on any atom is -0.480 e. The number of carboxylic acids is 1. The zero-order valence-corrected chi connectivity index (χ0v) is 11.7. The summed E-state index contributed by atoms with van der Waals surface area (Å²) in [6.45, 7) is 6.17. The van der Waals surface area contributed by atoms with Crippen molar-refractivity contribution in [3.05, 3.63) is 22.4 Å². The lowest BCUT2D eigenvalue weighted by Crippen LogP contribution is -2.40. The summed E-state index contributed by atoms with van der Waals surface area (Å²) in [5.74, 6) is -0.348. The van der Waals surface area contributed by atoms with Crippen LogP contribution in [0.2, 0.25) is 0 Å². The van der Waals surface area contributed by atoms with Gasteiger partial charge in [-0.3, -0.25) is 9.69 Å². The molecule has 1 N–H and O–H groups in total. The molecule has 0 fully saturated rings. The van der Waals surface area contributed by atoms with Crippen molar-refractivity contribution in [3.8, 4) is 0 Å². The molecule has 0 radical (unpaired) electrons. The van der Waals surface area contributed by atoms with E-state index >= 15 is 0 Å². The van der Waals surface area contributed by atoms with E-state index in [2.05, 4.69) is 26.8 Å². The second-order valence-electron chi connectivity index (χ2n) is 4.84. The van der Waals surface area contributed by atoms with Crippen molar-refractivity contribution in [2.45, 2.75) is 39.3 Å². The first-order valence-corrected chi connectivity index (χ1v) is 6.79. The van der Waals surface area contributed by atoms with Crippen LogP contribution in [0, 0.1) is 5.92 Å². The van der Waals surface area contributed by atoms with E-state index in [0.717, 1.165) is 0 Å². The Morgan fingerprint density at radius 1 is 1.47 bits per heavy atom. The Morgan fingerprint density at radius 3 is 2.53 bits per heavy atom. The fourth-order valence-corrected chi connectivity index (χ4v) is 2.72. The molecule has 0 aliphatic heterocycles. The van der Waals surface area contributed by atoms with Crippen LogP contribution in [0.1, 0.15) is 38.1 Å². The van der Waals surface area contributed by atoms with Gasteiger partial charge in [0.2, 0.25) is 0 Å². The number of aliphatic carboxylic acids is 1. The molecule has 0 aromatic carbocycles. The Labute approximate surface area is 107 Å². The van der Waals surface area contributed by atoms with Crippen LogP contribution in [-0.2, 0) is 4.79 Å². The molecule has 4 heteroatoms. The van der Waals surface area contributed by atoms with Crippen LogP contribution in [0.3, 0.4) is 0 Å². The highest BCUT2D eigenvalue weighted by Gasteiger charge is 2.27. The summed E-state index contributed by atoms with van der Waals surface area (Å²) in [6, 6.07) is 3.80. The Hall–Kier alpha value is -0.870. The van der Waals surface area contributed by atoms with E-state index in [1.807, 2.05) is 23.4 Å². The van der Waals surface area contributed by atoms with Crippen LogP contribution >= 0.6 is 11.3 Å². The van der Waals surface area contributed by atoms with Crippen LogP contribution in [0.4, 0.5) is 0 Å². The lowest BCUT2D eigenvalue weighted by atomic mass is 10.0. The summed E-state index contributed by atoms with van der Waals surface area (Å²) in [5, 5.41) is 11.3. The molecule has 2 unspecified atom stereocenters. The van der Waals surface area contributed by atoms with E-state index < -0.39 is 12.0 Å². The van der Waals surface area contributed by atoms with Gasteiger partial charge in [0.05, 0.1) is 0 Å². The van der Waals surface area contributed by atoms with Crippen molar-refractivity contribution < 1.29 is 9.90 Å². The molecule has 0 bridgehead atoms. The maximum absolute atomic E-state index is 11.3. The smallest absolute Gasteiger partial charge is 0.320 e. The lowest BCUT2D eigenvalue weighted by molar-refractivity contribution is -0.144. The molecule has 96 valence electrons. The van der Waals surface area contributed by atoms with Gasteiger partial charge < -0.3 is 5.11 Å². The van der Waals surface area contributed by atoms with Gasteiger partial charge in [0, 0.05) is 10.9 Å². The first-order chi connectivity index (χ1) is 7.93. The number of carboxylic acid groups (broad SMARTS) is 1. The molecule has 2 atom stereocenters. The number of carbonyl (C=O) groups is 1. The Bertz CT molecular complexity index is 348. The number of nitrogens with zero attached hydrogens (tertiary/aromatic N) is 1. The number of likely N-dealkylation sites (N-methyl/N-ethyl adjacent to an activating group) is 1. The summed E-state index contributed by atoms with van der Waals surface area (Å²) in [6.07, 6.45) is 0.682. The van der Waals surface area contributed by atoms with Crippen LogP contribution in [0.5, 0.6) is 0 Å². The molecule has 0 saturated heterocycles. The largest absolute Gasteiger partial charge is 0.480 e. The van der Waals surface area contributed by atoms with Crippen LogP contribution in [0.25, 0.3) is 0 Å². The van der Waals surface area contributed by atoms with Crippen LogP contribution < -0.4 is 0 Å². The Morgan fingerprint density at radius 2 is 2.12 bits per heavy atom. The van der Waals surface area contributed by atoms with Crippen molar-refractivity contribution in [1.29, 1.82) is 0 Å². The van der Waals surface area contributed by atoms with Crippen LogP contribution in [-0.4, -0.2) is 29.1 Å². The zero-order chi connectivity index (χ0) is 13.0. The van der Waals surface area contributed by atoms with Gasteiger partial charge in [-0.05, 0) is 37.8 Å². The Kier molecular flexibility index (Phi) is 5.15. The minimum absolute atomic E-state index is 0.148. The molecule has 1 aromatic heterocycles. The van der Waals surface area contributed by atoms with E-state index in [1.54, 1.807) is 11.3 Å². The topological polar surface area (TPSA) is 40.5 Å². The predicted molar refractivity (Wildman–Crippen MR) is 71.4 cm³/mol. The summed E-state index contributed by atoms with van der Waals surface area (Å²) in [5.41, 5.74) is 0. The van der Waals surface area contributed by atoms with Crippen molar-refractivity contribution in [3.63, 3.8) is 0 Å². The zero-order valence-electron chi connectivity index (χ0n) is 10.9. The van der Waals surface area contributed by atoms with Gasteiger partial charge in [-0.25, -0.2) is 0 Å². The van der Waals surface area contributed by atoms with Gasteiger partial charge in [-0.1, -0.05) is 19.9 Å². The molecule has 0 aliphatic rings. The highest BCUT2D eigenvalue weighted by atomic mass is 32.1. The van der Waals surface area contributed by atoms with Crippen molar-refractivity contribution in [2.75, 3.05) is 7.05 Å². The summed E-state index contributed by atoms with van der Waals surface area (Å²) in [4.78, 5) is 14.5. The number of hydrogen-bond donors (Lipinski definition) is 1. The molecular formula is C13H21NO2S. The lowest BCUT2D eigenvalue weighted by Gasteiger charge is -2.30. The standard InChI is InChI=1S/C13H21NO2S/c1-9(2)8-11(13(15)16)14(4)10(3)12-6-5-7-17-12/h5-7,9-11H,8H2,1-4H3,(H,15,16). The first kappa shape index (κ1) is 14.2. The first-order valence-electron chi connectivity index (χ1n) is 5.91. The van der Waals surface area contributed by atoms with Gasteiger partial charge in [0.1, 0.15) is 6.04 Å². The minimum atomic E-state index is -0.732. The Balaban J connectivity index is 2.77. The summed E-state index contributed by atoms with van der Waals surface area (Å²) < 4.78 is 0. The molecule has 0 aliphatic carbocycles. The molecule has 17 heavy (non-hydrogen) atoms. The van der Waals surface area contributed by atoms with E-state index in [9.17, 15) is 9.90 Å². The highest BCUT2D eigenvalue weighted by molar-refractivity contribution is 7.10. The van der Waals surface area contributed by atoms with Gasteiger partial charge in [0.25, 0.3) is 0 Å². The molecular weight excluding hydrogens is 234 g/mol. The van der Waals surface area contributed by atoms with E-state index in [-0.39, 0.29) is 6.04 Å². The average molecular weight is 255 g/mol. The van der Waals surface area contributed by atoms with Gasteiger partial charge in [0.15, 0.2) is 0 Å². The molecule has 0 amide bonds. The monoisotopic (exact) mass is 255 g/mol. The predicted octanol–water partition coefficient (Wildman–Crippen LogP) is 3.24. The molecule has 1 aromatic rings. The maximum Gasteiger partial charge on any atom is 0.320 e. The molecule has 0 saturated carbocycles. The average Bonchev–Trinajstić information content (AvgIpc) is 2.76. The van der Waals surface area contributed by atoms with Crippen molar-refractivity contribution in [2.24, 2.45) is 5.92 Å². The SMILES string of the molecule is CC(C)CC(C(=O)O)N(C)C(C)c1cccs1. The highest BCUT2D eigenvalue weighted by Crippen LogP contribution is 2.26. The second-order valence-corrected chi connectivity index (χ2v) is 5.82. The molecule has 1 heterocycles. The third kappa shape index (κ3) is 3.82. The fourth-order valence-electron chi connectivity index (χ4n) is 1.89. The van der Waals surface area contributed by atoms with E-state index in [0.29, 0.717) is 12.3 Å². The summed E-state index contributed by atoms with van der Waals surface area (Å²) >= 11 is 1.67. The summed E-state index contributed by atoms with van der Waals surface area (Å²) in [7, 11) is 1.89. The molecule has 1 rings (SSSR count). The number of thiophene rings is 1. The number of rotatable bonds is 6. The quantitative estimate of drug-likeness (QED) is 0.848. The van der Waals surface area contributed by atoms with E-state index in [4.69, 9.17) is 0 Å². The van der Waals surface area contributed by atoms with E-state index in [1.165, 1.54) is 4.88 Å². The molecule has 3 nitrogen and oxygen atoms in total. The second kappa shape index (κ2) is 6.17. The fraction of sp³-hybridized carbons (Fsp3) is 0.615.